The zero-order valence-electron chi connectivity index (χ0n) is 17.4. The van der Waals surface area contributed by atoms with Gasteiger partial charge in [0.15, 0.2) is 6.61 Å². The molecule has 0 aliphatic rings. The Kier molecular flexibility index (Phi) is 6.37. The molecule has 1 N–H and O–H groups in total. The maximum absolute atomic E-state index is 12.7. The standard InChI is InChI=1S/C20H22N4O6S/c1-20(2,3)24-31(26,27)16-10-13(7-8-15(16)28-4)19(25)29-12-17-22-18(23-30-17)14-6-5-9-21-11-14/h5-11,24H,12H2,1-4H3. The van der Waals surface area contributed by atoms with E-state index >= 15 is 0 Å². The highest BCUT2D eigenvalue weighted by atomic mass is 32.2. The number of aromatic nitrogens is 3. The lowest BCUT2D eigenvalue weighted by atomic mass is 10.1. The van der Waals surface area contributed by atoms with Crippen LogP contribution in [-0.4, -0.2) is 42.2 Å². The molecule has 31 heavy (non-hydrogen) atoms. The molecule has 0 bridgehead atoms. The van der Waals surface area contributed by atoms with Gasteiger partial charge in [-0.3, -0.25) is 4.98 Å². The van der Waals surface area contributed by atoms with Gasteiger partial charge in [-0.1, -0.05) is 5.16 Å². The molecule has 0 unspecified atom stereocenters. The molecule has 2 aromatic heterocycles. The molecule has 11 heteroatoms. The van der Waals surface area contributed by atoms with Crippen molar-refractivity contribution in [2.45, 2.75) is 37.8 Å². The van der Waals surface area contributed by atoms with Gasteiger partial charge in [-0.25, -0.2) is 17.9 Å². The highest BCUT2D eigenvalue weighted by molar-refractivity contribution is 7.89. The van der Waals surface area contributed by atoms with E-state index in [4.69, 9.17) is 14.0 Å². The molecule has 0 amide bonds. The van der Waals surface area contributed by atoms with E-state index in [1.165, 1.54) is 25.3 Å². The largest absolute Gasteiger partial charge is 0.495 e. The fourth-order valence-corrected chi connectivity index (χ4v) is 4.22. The number of esters is 1. The van der Waals surface area contributed by atoms with Gasteiger partial charge in [0, 0.05) is 23.5 Å². The normalized spacial score (nSPS) is 11.9. The van der Waals surface area contributed by atoms with Crippen LogP contribution in [0.4, 0.5) is 0 Å². The van der Waals surface area contributed by atoms with Gasteiger partial charge in [-0.2, -0.15) is 4.98 Å². The van der Waals surface area contributed by atoms with Crippen LogP contribution in [-0.2, 0) is 21.4 Å². The molecule has 0 radical (unpaired) electrons. The molecule has 0 aliphatic carbocycles. The first kappa shape index (κ1) is 22.4. The predicted octanol–water partition coefficient (Wildman–Crippen LogP) is 2.57. The Morgan fingerprint density at radius 1 is 1.23 bits per heavy atom. The van der Waals surface area contributed by atoms with Crippen molar-refractivity contribution in [1.29, 1.82) is 0 Å². The van der Waals surface area contributed by atoms with E-state index in [9.17, 15) is 13.2 Å². The summed E-state index contributed by atoms with van der Waals surface area (Å²) in [5.41, 5.74) is -0.0353. The van der Waals surface area contributed by atoms with Crippen molar-refractivity contribution in [1.82, 2.24) is 19.8 Å². The summed E-state index contributed by atoms with van der Waals surface area (Å²) in [6.45, 7) is 4.85. The van der Waals surface area contributed by atoms with E-state index in [1.807, 2.05) is 0 Å². The number of nitrogens with zero attached hydrogens (tertiary/aromatic N) is 3. The van der Waals surface area contributed by atoms with Gasteiger partial charge >= 0.3 is 5.97 Å². The average molecular weight is 446 g/mol. The fraction of sp³-hybridized carbons (Fsp3) is 0.300. The number of rotatable bonds is 7. The van der Waals surface area contributed by atoms with Crippen molar-refractivity contribution in [2.24, 2.45) is 0 Å². The van der Waals surface area contributed by atoms with Crippen molar-refractivity contribution in [2.75, 3.05) is 7.11 Å². The maximum Gasteiger partial charge on any atom is 0.338 e. The Bertz CT molecular complexity index is 1170. The zero-order valence-corrected chi connectivity index (χ0v) is 18.3. The summed E-state index contributed by atoms with van der Waals surface area (Å²) in [5, 5.41) is 3.82. The van der Waals surface area contributed by atoms with Gasteiger partial charge in [0.25, 0.3) is 5.89 Å². The van der Waals surface area contributed by atoms with Crippen LogP contribution >= 0.6 is 0 Å². The van der Waals surface area contributed by atoms with E-state index in [0.29, 0.717) is 11.4 Å². The molecular weight excluding hydrogens is 424 g/mol. The number of hydrogen-bond acceptors (Lipinski definition) is 9. The van der Waals surface area contributed by atoms with Gasteiger partial charge in [-0.15, -0.1) is 0 Å². The number of nitrogens with one attached hydrogen (secondary N) is 1. The molecule has 3 aromatic rings. The van der Waals surface area contributed by atoms with E-state index in [-0.39, 0.29) is 28.7 Å². The lowest BCUT2D eigenvalue weighted by Gasteiger charge is -2.21. The SMILES string of the molecule is COc1ccc(C(=O)OCc2nc(-c3cccnc3)no2)cc1S(=O)(=O)NC(C)(C)C. The Balaban J connectivity index is 1.76. The smallest absolute Gasteiger partial charge is 0.338 e. The van der Waals surface area contributed by atoms with Gasteiger partial charge < -0.3 is 14.0 Å². The molecule has 10 nitrogen and oxygen atoms in total. The second-order valence-electron chi connectivity index (χ2n) is 7.55. The van der Waals surface area contributed by atoms with Crippen LogP contribution in [0.2, 0.25) is 0 Å². The molecule has 2 heterocycles. The van der Waals surface area contributed by atoms with Crippen LogP contribution in [0.3, 0.4) is 0 Å². The molecule has 0 spiro atoms. The first-order valence-electron chi connectivity index (χ1n) is 9.21. The second-order valence-corrected chi connectivity index (χ2v) is 9.20. The van der Waals surface area contributed by atoms with Gasteiger partial charge in [0.05, 0.1) is 12.7 Å². The molecule has 1 aromatic carbocycles. The Morgan fingerprint density at radius 2 is 2.00 bits per heavy atom. The molecular formula is C20H22N4O6S. The van der Waals surface area contributed by atoms with E-state index in [2.05, 4.69) is 19.8 Å². The number of sulfonamides is 1. The van der Waals surface area contributed by atoms with Crippen LogP contribution < -0.4 is 9.46 Å². The van der Waals surface area contributed by atoms with Crippen LogP contribution in [0.1, 0.15) is 37.0 Å². The fourth-order valence-electron chi connectivity index (χ4n) is 2.61. The Labute approximate surface area is 179 Å². The van der Waals surface area contributed by atoms with E-state index in [0.717, 1.165) is 0 Å². The number of pyridine rings is 1. The van der Waals surface area contributed by atoms with Gasteiger partial charge in [-0.05, 0) is 51.1 Å². The number of carbonyl (C=O) groups excluding carboxylic acids is 1. The van der Waals surface area contributed by atoms with Crippen molar-refractivity contribution in [3.63, 3.8) is 0 Å². The minimum absolute atomic E-state index is 0.0297. The van der Waals surface area contributed by atoms with Crippen LogP contribution in [0, 0.1) is 0 Å². The molecule has 0 aliphatic heterocycles. The van der Waals surface area contributed by atoms with Crippen molar-refractivity contribution in [3.05, 3.63) is 54.2 Å². The minimum atomic E-state index is -3.94. The van der Waals surface area contributed by atoms with E-state index < -0.39 is 21.5 Å². The topological polar surface area (TPSA) is 134 Å². The van der Waals surface area contributed by atoms with Crippen LogP contribution in [0.25, 0.3) is 11.4 Å². The summed E-state index contributed by atoms with van der Waals surface area (Å²) >= 11 is 0. The molecule has 0 atom stereocenters. The summed E-state index contributed by atoms with van der Waals surface area (Å²) in [7, 11) is -2.59. The third-order valence-electron chi connectivity index (χ3n) is 3.84. The lowest BCUT2D eigenvalue weighted by Crippen LogP contribution is -2.40. The summed E-state index contributed by atoms with van der Waals surface area (Å²) in [6.07, 6.45) is 3.19. The van der Waals surface area contributed by atoms with Crippen LogP contribution in [0.15, 0.2) is 52.1 Å². The number of benzene rings is 1. The summed E-state index contributed by atoms with van der Waals surface area (Å²) in [4.78, 5) is 20.4. The third kappa shape index (κ3) is 5.64. The molecule has 0 saturated heterocycles. The quantitative estimate of drug-likeness (QED) is 0.543. The molecule has 164 valence electrons. The van der Waals surface area contributed by atoms with Crippen molar-refractivity contribution >= 4 is 16.0 Å². The minimum Gasteiger partial charge on any atom is -0.495 e. The summed E-state index contributed by atoms with van der Waals surface area (Å²) in [6, 6.07) is 7.49. The van der Waals surface area contributed by atoms with Crippen molar-refractivity contribution in [3.8, 4) is 17.1 Å². The second kappa shape index (κ2) is 8.82. The van der Waals surface area contributed by atoms with Crippen LogP contribution in [0.5, 0.6) is 5.75 Å². The predicted molar refractivity (Wildman–Crippen MR) is 110 cm³/mol. The zero-order chi connectivity index (χ0) is 22.6. The van der Waals surface area contributed by atoms with Gasteiger partial charge in [0.1, 0.15) is 10.6 Å². The number of carbonyl (C=O) groups is 1. The Hall–Kier alpha value is -3.31. The first-order valence-corrected chi connectivity index (χ1v) is 10.7. The number of ether oxygens (including phenoxy) is 2. The first-order chi connectivity index (χ1) is 14.6. The monoisotopic (exact) mass is 446 g/mol. The number of methoxy groups -OCH3 is 1. The number of hydrogen-bond donors (Lipinski definition) is 1. The average Bonchev–Trinajstić information content (AvgIpc) is 3.19. The summed E-state index contributed by atoms with van der Waals surface area (Å²) in [5.74, 6) is -0.254. The molecule has 0 saturated carbocycles. The molecule has 0 fully saturated rings. The Morgan fingerprint density at radius 3 is 2.65 bits per heavy atom. The highest BCUT2D eigenvalue weighted by Crippen LogP contribution is 2.26. The van der Waals surface area contributed by atoms with E-state index in [1.54, 1.807) is 45.3 Å². The lowest BCUT2D eigenvalue weighted by molar-refractivity contribution is 0.0429. The third-order valence-corrected chi connectivity index (χ3v) is 5.62. The van der Waals surface area contributed by atoms with Crippen molar-refractivity contribution < 1.29 is 27.2 Å². The maximum atomic E-state index is 12.7. The summed E-state index contributed by atoms with van der Waals surface area (Å²) < 4.78 is 43.4. The highest BCUT2D eigenvalue weighted by Gasteiger charge is 2.26. The molecule has 3 rings (SSSR count). The van der Waals surface area contributed by atoms with Gasteiger partial charge in [0.2, 0.25) is 15.8 Å².